The van der Waals surface area contributed by atoms with E-state index in [9.17, 15) is 0 Å². The van der Waals surface area contributed by atoms with Crippen molar-refractivity contribution in [3.8, 4) is 0 Å². The molecule has 2 aromatic carbocycles. The Labute approximate surface area is 292 Å². The van der Waals surface area contributed by atoms with Crippen molar-refractivity contribution in [2.75, 3.05) is 4.44 Å². The van der Waals surface area contributed by atoms with Gasteiger partial charge < -0.3 is 0 Å². The second-order valence-electron chi connectivity index (χ2n) is 20.4. The number of hydrogen-bond acceptors (Lipinski definition) is 3. The van der Waals surface area contributed by atoms with Crippen LogP contribution in [0.4, 0.5) is 11.4 Å². The minimum atomic E-state index is -1.26. The van der Waals surface area contributed by atoms with E-state index >= 15 is 0 Å². The van der Waals surface area contributed by atoms with Gasteiger partial charge in [0.05, 0.1) is 11.4 Å². The molecule has 0 aliphatic carbocycles. The van der Waals surface area contributed by atoms with E-state index in [1.165, 1.54) is 39.1 Å². The Morgan fingerprint density at radius 3 is 1.15 bits per heavy atom. The number of anilines is 1. The SMILES string of the molecule is CC1(C)C=NP(N(P=Nc2c(C(C)(C)C)cc(C(C)(C)C)cc2C(C)(C)C)c2c(C(C)(C)C)cc(C(C)(C)C)cc2C(C)(C)C)N=C1. The summed E-state index contributed by atoms with van der Waals surface area (Å²) in [5.74, 6) is 0. The van der Waals surface area contributed by atoms with Gasteiger partial charge >= 0.3 is 0 Å². The number of hydrogen-bond donors (Lipinski definition) is 0. The zero-order chi connectivity index (χ0) is 36.3. The van der Waals surface area contributed by atoms with Crippen molar-refractivity contribution in [2.45, 2.75) is 171 Å². The Balaban J connectivity index is 2.54. The Hall–Kier alpha value is -1.89. The summed E-state index contributed by atoms with van der Waals surface area (Å²) in [6, 6.07) is 9.72. The molecule has 0 bridgehead atoms. The van der Waals surface area contributed by atoms with Gasteiger partial charge in [-0.1, -0.05) is 149 Å². The van der Waals surface area contributed by atoms with Gasteiger partial charge in [-0.15, -0.1) is 0 Å². The number of benzene rings is 2. The summed E-state index contributed by atoms with van der Waals surface area (Å²) in [6.45, 7) is 46.1. The lowest BCUT2D eigenvalue weighted by atomic mass is 9.74. The van der Waals surface area contributed by atoms with E-state index in [2.05, 4.69) is 180 Å². The third-order valence-electron chi connectivity index (χ3n) is 8.77. The molecule has 0 saturated heterocycles. The third-order valence-corrected chi connectivity index (χ3v) is 11.3. The fraction of sp³-hybridized carbons (Fsp3) is 0.659. The van der Waals surface area contributed by atoms with E-state index in [-0.39, 0.29) is 37.9 Å². The molecule has 4 nitrogen and oxygen atoms in total. The molecule has 2 aromatic rings. The molecule has 47 heavy (non-hydrogen) atoms. The Bertz CT molecular complexity index is 1470. The van der Waals surface area contributed by atoms with Gasteiger partial charge in [0.25, 0.3) is 8.37 Å². The maximum Gasteiger partial charge on any atom is 0.256 e. The van der Waals surface area contributed by atoms with Gasteiger partial charge in [-0.25, -0.2) is 18.7 Å². The van der Waals surface area contributed by atoms with Crippen LogP contribution in [0.1, 0.15) is 172 Å². The molecule has 0 unspecified atom stereocenters. The van der Waals surface area contributed by atoms with Crippen molar-refractivity contribution in [1.82, 2.24) is 0 Å². The van der Waals surface area contributed by atoms with Crippen molar-refractivity contribution < 1.29 is 0 Å². The van der Waals surface area contributed by atoms with Gasteiger partial charge in [0.1, 0.15) is 8.52 Å². The predicted octanol–water partition coefficient (Wildman–Crippen LogP) is 14.1. The zero-order valence-electron chi connectivity index (χ0n) is 33.6. The molecule has 0 fully saturated rings. The molecule has 6 heteroatoms. The van der Waals surface area contributed by atoms with Crippen LogP contribution in [-0.2, 0) is 32.5 Å². The molecule has 0 N–H and O–H groups in total. The summed E-state index contributed by atoms with van der Waals surface area (Å²) in [7, 11) is -0.434. The Kier molecular flexibility index (Phi) is 10.7. The molecule has 3 rings (SSSR count). The van der Waals surface area contributed by atoms with Crippen LogP contribution >= 0.6 is 16.9 Å². The molecule has 0 aromatic heterocycles. The fourth-order valence-corrected chi connectivity index (χ4v) is 8.39. The van der Waals surface area contributed by atoms with Gasteiger partial charge in [-0.2, -0.15) is 0 Å². The molecule has 0 amide bonds. The predicted molar refractivity (Wildman–Crippen MR) is 214 cm³/mol. The monoisotopic (exact) mass is 676 g/mol. The Morgan fingerprint density at radius 2 is 0.851 bits per heavy atom. The quantitative estimate of drug-likeness (QED) is 0.297. The lowest BCUT2D eigenvalue weighted by molar-refractivity contribution is 0.550. The van der Waals surface area contributed by atoms with Crippen LogP contribution in [0.15, 0.2) is 38.5 Å². The maximum atomic E-state index is 5.63. The van der Waals surface area contributed by atoms with Crippen LogP contribution in [0.5, 0.6) is 0 Å². The summed E-state index contributed by atoms with van der Waals surface area (Å²) in [5.41, 5.74) is 9.77. The van der Waals surface area contributed by atoms with Crippen LogP contribution in [0.25, 0.3) is 0 Å². The summed E-state index contributed by atoms with van der Waals surface area (Å²) >= 11 is 0. The molecular formula is C41H66N4P2. The number of rotatable bonds is 4. The molecule has 260 valence electrons. The normalized spacial score (nSPS) is 16.8. The van der Waals surface area contributed by atoms with Crippen molar-refractivity contribution in [1.29, 1.82) is 0 Å². The van der Waals surface area contributed by atoms with Crippen LogP contribution in [-0.4, -0.2) is 12.4 Å². The summed E-state index contributed by atoms with van der Waals surface area (Å²) in [4.78, 5) is 0. The smallest absolute Gasteiger partial charge is 0.248 e. The van der Waals surface area contributed by atoms with Gasteiger partial charge in [0, 0.05) is 17.8 Å². The highest BCUT2D eigenvalue weighted by Gasteiger charge is 2.36. The lowest BCUT2D eigenvalue weighted by Gasteiger charge is -2.38. The standard InChI is InChI=1S/C41H66N4P2/c1-35(2,3)27-21-29(37(7,8)9)33(30(22-27)38(10,11)12)44-46-45(47-42-25-41(19,20)26-43-47)34-31(39(13,14)15)23-28(36(4,5)6)24-32(34)40(16,17)18/h21-26H,1-20H3. The molecule has 0 saturated carbocycles. The second kappa shape index (κ2) is 12.8. The second-order valence-corrected chi connectivity index (χ2v) is 22.9. The first kappa shape index (κ1) is 39.5. The summed E-state index contributed by atoms with van der Waals surface area (Å²) in [6.07, 6.45) is 4.18. The van der Waals surface area contributed by atoms with Gasteiger partial charge in [-0.05, 0) is 79.7 Å². The van der Waals surface area contributed by atoms with E-state index in [0.29, 0.717) is 0 Å². The summed E-state index contributed by atoms with van der Waals surface area (Å²) in [5, 5.41) is 0. The summed E-state index contributed by atoms with van der Waals surface area (Å²) < 4.78 is 18.4. The number of nitrogens with zero attached hydrogens (tertiary/aromatic N) is 4. The van der Waals surface area contributed by atoms with E-state index in [0.717, 1.165) is 14.2 Å². The fourth-order valence-electron chi connectivity index (χ4n) is 5.56. The highest BCUT2D eigenvalue weighted by atomic mass is 31.2. The largest absolute Gasteiger partial charge is 0.256 e. The lowest BCUT2D eigenvalue weighted by Crippen LogP contribution is -2.26. The molecule has 1 aliphatic rings. The van der Waals surface area contributed by atoms with Crippen LogP contribution < -0.4 is 4.44 Å². The highest BCUT2D eigenvalue weighted by Crippen LogP contribution is 2.58. The van der Waals surface area contributed by atoms with Crippen LogP contribution in [0, 0.1) is 5.41 Å². The van der Waals surface area contributed by atoms with Gasteiger partial charge in [0.15, 0.2) is 0 Å². The van der Waals surface area contributed by atoms with Crippen molar-refractivity contribution in [3.05, 3.63) is 57.6 Å². The maximum absolute atomic E-state index is 5.63. The van der Waals surface area contributed by atoms with E-state index in [4.69, 9.17) is 14.3 Å². The van der Waals surface area contributed by atoms with E-state index in [1.54, 1.807) is 0 Å². The molecular weight excluding hydrogens is 610 g/mol. The van der Waals surface area contributed by atoms with Gasteiger partial charge in [-0.3, -0.25) is 0 Å². The van der Waals surface area contributed by atoms with Crippen molar-refractivity contribution >= 4 is 40.7 Å². The van der Waals surface area contributed by atoms with Crippen LogP contribution in [0.2, 0.25) is 0 Å². The van der Waals surface area contributed by atoms with Crippen LogP contribution in [0.3, 0.4) is 0 Å². The molecule has 1 aliphatic heterocycles. The minimum Gasteiger partial charge on any atom is -0.248 e. The topological polar surface area (TPSA) is 40.3 Å². The first-order valence-corrected chi connectivity index (χ1v) is 19.4. The molecule has 0 radical (unpaired) electrons. The first-order valence-electron chi connectivity index (χ1n) is 17.4. The van der Waals surface area contributed by atoms with Crippen molar-refractivity contribution in [3.63, 3.8) is 0 Å². The van der Waals surface area contributed by atoms with Crippen molar-refractivity contribution in [2.24, 2.45) is 19.7 Å². The Morgan fingerprint density at radius 1 is 0.532 bits per heavy atom. The average Bonchev–Trinajstić information content (AvgIpc) is 2.85. The highest BCUT2D eigenvalue weighted by molar-refractivity contribution is 7.66. The van der Waals surface area contributed by atoms with Gasteiger partial charge in [0.2, 0.25) is 0 Å². The first-order chi connectivity index (χ1) is 20.8. The zero-order valence-corrected chi connectivity index (χ0v) is 35.4. The minimum absolute atomic E-state index is 0.0139. The molecule has 1 heterocycles. The average molecular weight is 677 g/mol. The molecule has 0 spiro atoms. The molecule has 0 atom stereocenters. The third kappa shape index (κ3) is 9.42. The van der Waals surface area contributed by atoms with E-state index in [1.807, 2.05) is 0 Å². The van der Waals surface area contributed by atoms with E-state index < -0.39 is 8.37 Å².